The van der Waals surface area contributed by atoms with E-state index in [0.717, 1.165) is 24.1 Å². The van der Waals surface area contributed by atoms with Crippen molar-refractivity contribution >= 4 is 23.3 Å². The van der Waals surface area contributed by atoms with Gasteiger partial charge in [-0.1, -0.05) is 6.07 Å². The minimum atomic E-state index is -0.248. The standard InChI is InChI=1S/C20H21N7O2/c1-12-3-6-17(11-18(12)27-13(2)24-25-26-27)21-19(28)14-4-7-15(8-5-14)22-20(29)23-16-9-10-16/h3-8,11,16H,9-10H2,1-2H3,(H,21,28)(H2,22,23,29). The van der Waals surface area contributed by atoms with Crippen molar-refractivity contribution in [3.63, 3.8) is 0 Å². The van der Waals surface area contributed by atoms with E-state index in [-0.39, 0.29) is 18.0 Å². The third-order valence-electron chi connectivity index (χ3n) is 4.64. The molecule has 0 atom stereocenters. The van der Waals surface area contributed by atoms with Crippen LogP contribution in [0.5, 0.6) is 0 Å². The van der Waals surface area contributed by atoms with Crippen LogP contribution in [-0.4, -0.2) is 38.2 Å². The number of rotatable bonds is 5. The van der Waals surface area contributed by atoms with Crippen molar-refractivity contribution in [2.45, 2.75) is 32.7 Å². The Morgan fingerprint density at radius 2 is 1.72 bits per heavy atom. The number of anilines is 2. The van der Waals surface area contributed by atoms with Gasteiger partial charge in [0.15, 0.2) is 5.82 Å². The number of carbonyl (C=O) groups is 2. The summed E-state index contributed by atoms with van der Waals surface area (Å²) in [6.45, 7) is 3.76. The largest absolute Gasteiger partial charge is 0.335 e. The number of carbonyl (C=O) groups excluding carboxylic acids is 2. The van der Waals surface area contributed by atoms with Gasteiger partial charge in [0.05, 0.1) is 5.69 Å². The predicted molar refractivity (Wildman–Crippen MR) is 108 cm³/mol. The summed E-state index contributed by atoms with van der Waals surface area (Å²) in [6, 6.07) is 12.4. The van der Waals surface area contributed by atoms with Crippen LogP contribution in [0.4, 0.5) is 16.2 Å². The number of aromatic nitrogens is 4. The van der Waals surface area contributed by atoms with Crippen LogP contribution in [0.25, 0.3) is 5.69 Å². The van der Waals surface area contributed by atoms with Gasteiger partial charge in [-0.2, -0.15) is 4.68 Å². The fourth-order valence-electron chi connectivity index (χ4n) is 2.86. The van der Waals surface area contributed by atoms with Gasteiger partial charge < -0.3 is 16.0 Å². The van der Waals surface area contributed by atoms with Crippen LogP contribution in [-0.2, 0) is 0 Å². The highest BCUT2D eigenvalue weighted by molar-refractivity contribution is 6.04. The van der Waals surface area contributed by atoms with Gasteiger partial charge in [0.1, 0.15) is 0 Å². The summed E-state index contributed by atoms with van der Waals surface area (Å²) in [4.78, 5) is 24.4. The van der Waals surface area contributed by atoms with Crippen LogP contribution < -0.4 is 16.0 Å². The summed E-state index contributed by atoms with van der Waals surface area (Å²) in [7, 11) is 0. The fourth-order valence-corrected chi connectivity index (χ4v) is 2.86. The van der Waals surface area contributed by atoms with Crippen molar-refractivity contribution in [2.75, 3.05) is 10.6 Å². The van der Waals surface area contributed by atoms with Crippen molar-refractivity contribution < 1.29 is 9.59 Å². The van der Waals surface area contributed by atoms with Gasteiger partial charge >= 0.3 is 6.03 Å². The molecule has 1 aromatic heterocycles. The van der Waals surface area contributed by atoms with E-state index < -0.39 is 0 Å². The van der Waals surface area contributed by atoms with Gasteiger partial charge in [0.25, 0.3) is 5.91 Å². The second-order valence-electron chi connectivity index (χ2n) is 7.04. The van der Waals surface area contributed by atoms with Crippen LogP contribution >= 0.6 is 0 Å². The van der Waals surface area contributed by atoms with Crippen molar-refractivity contribution in [1.82, 2.24) is 25.5 Å². The van der Waals surface area contributed by atoms with Crippen LogP contribution in [0.3, 0.4) is 0 Å². The number of benzene rings is 2. The maximum absolute atomic E-state index is 12.6. The lowest BCUT2D eigenvalue weighted by atomic mass is 10.1. The van der Waals surface area contributed by atoms with Gasteiger partial charge in [-0.25, -0.2) is 4.79 Å². The maximum atomic E-state index is 12.6. The van der Waals surface area contributed by atoms with E-state index >= 15 is 0 Å². The van der Waals surface area contributed by atoms with E-state index in [1.165, 1.54) is 0 Å². The number of nitrogens with zero attached hydrogens (tertiary/aromatic N) is 4. The molecule has 0 spiro atoms. The smallest absolute Gasteiger partial charge is 0.319 e. The predicted octanol–water partition coefficient (Wildman–Crippen LogP) is 2.82. The molecule has 0 radical (unpaired) electrons. The first-order valence-electron chi connectivity index (χ1n) is 9.34. The Labute approximate surface area is 167 Å². The molecule has 1 aliphatic rings. The number of urea groups is 1. The Kier molecular flexibility index (Phi) is 4.94. The Bertz CT molecular complexity index is 1050. The first kappa shape index (κ1) is 18.6. The van der Waals surface area contributed by atoms with Crippen molar-refractivity contribution in [3.8, 4) is 5.69 Å². The van der Waals surface area contributed by atoms with Gasteiger partial charge in [0, 0.05) is 23.0 Å². The van der Waals surface area contributed by atoms with E-state index in [0.29, 0.717) is 22.8 Å². The molecule has 3 amide bonds. The fraction of sp³-hybridized carbons (Fsp3) is 0.250. The number of nitrogens with one attached hydrogen (secondary N) is 3. The van der Waals surface area contributed by atoms with Gasteiger partial charge in [-0.15, -0.1) is 5.10 Å². The first-order valence-corrected chi connectivity index (χ1v) is 9.34. The number of hydrogen-bond donors (Lipinski definition) is 3. The summed E-state index contributed by atoms with van der Waals surface area (Å²) >= 11 is 0. The summed E-state index contributed by atoms with van der Waals surface area (Å²) in [5.74, 6) is 0.410. The normalized spacial score (nSPS) is 13.0. The number of aryl methyl sites for hydroxylation is 2. The molecular formula is C20H21N7O2. The number of tetrazole rings is 1. The second-order valence-corrected chi connectivity index (χ2v) is 7.04. The van der Waals surface area contributed by atoms with E-state index in [1.54, 1.807) is 28.9 Å². The molecule has 29 heavy (non-hydrogen) atoms. The summed E-state index contributed by atoms with van der Waals surface area (Å²) in [6.07, 6.45) is 2.06. The molecule has 1 heterocycles. The SMILES string of the molecule is Cc1ccc(NC(=O)c2ccc(NC(=O)NC3CC3)cc2)cc1-n1nnnc1C. The molecule has 1 fully saturated rings. The molecule has 0 unspecified atom stereocenters. The van der Waals surface area contributed by atoms with Crippen molar-refractivity contribution in [1.29, 1.82) is 0 Å². The average molecular weight is 391 g/mol. The van der Waals surface area contributed by atoms with E-state index in [1.807, 2.05) is 32.0 Å². The number of hydrogen-bond acceptors (Lipinski definition) is 5. The second kappa shape index (κ2) is 7.70. The van der Waals surface area contributed by atoms with Crippen LogP contribution in [0.2, 0.25) is 0 Å². The van der Waals surface area contributed by atoms with Gasteiger partial charge in [-0.3, -0.25) is 4.79 Å². The lowest BCUT2D eigenvalue weighted by Gasteiger charge is -2.11. The molecule has 0 saturated heterocycles. The molecule has 3 N–H and O–H groups in total. The molecule has 3 aromatic rings. The van der Waals surface area contributed by atoms with E-state index in [2.05, 4.69) is 31.5 Å². The highest BCUT2D eigenvalue weighted by Gasteiger charge is 2.23. The monoisotopic (exact) mass is 391 g/mol. The van der Waals surface area contributed by atoms with Crippen molar-refractivity contribution in [2.24, 2.45) is 0 Å². The molecule has 0 aliphatic heterocycles. The zero-order valence-electron chi connectivity index (χ0n) is 16.1. The molecule has 9 nitrogen and oxygen atoms in total. The highest BCUT2D eigenvalue weighted by atomic mass is 16.2. The topological polar surface area (TPSA) is 114 Å². The molecule has 1 saturated carbocycles. The summed E-state index contributed by atoms with van der Waals surface area (Å²) < 4.78 is 1.62. The quantitative estimate of drug-likeness (QED) is 0.619. The van der Waals surface area contributed by atoms with Gasteiger partial charge in [-0.05, 0) is 79.1 Å². The van der Waals surface area contributed by atoms with E-state index in [4.69, 9.17) is 0 Å². The molecule has 1 aliphatic carbocycles. The average Bonchev–Trinajstić information content (AvgIpc) is 3.41. The lowest BCUT2D eigenvalue weighted by molar-refractivity contribution is 0.102. The first-order chi connectivity index (χ1) is 14.0. The van der Waals surface area contributed by atoms with Crippen molar-refractivity contribution in [3.05, 3.63) is 59.4 Å². The third kappa shape index (κ3) is 4.40. The molecule has 2 aromatic carbocycles. The third-order valence-corrected chi connectivity index (χ3v) is 4.64. The molecule has 9 heteroatoms. The highest BCUT2D eigenvalue weighted by Crippen LogP contribution is 2.21. The Hall–Kier alpha value is -3.75. The Morgan fingerprint density at radius 1 is 1.00 bits per heavy atom. The minimum Gasteiger partial charge on any atom is -0.335 e. The summed E-state index contributed by atoms with van der Waals surface area (Å²) in [5, 5.41) is 20.0. The molecular weight excluding hydrogens is 370 g/mol. The lowest BCUT2D eigenvalue weighted by Crippen LogP contribution is -2.30. The minimum absolute atomic E-state index is 0.227. The van der Waals surface area contributed by atoms with Gasteiger partial charge in [0.2, 0.25) is 0 Å². The Balaban J connectivity index is 1.44. The van der Waals surface area contributed by atoms with Crippen LogP contribution in [0.1, 0.15) is 34.6 Å². The zero-order chi connectivity index (χ0) is 20.4. The summed E-state index contributed by atoms with van der Waals surface area (Å²) in [5.41, 5.74) is 3.53. The zero-order valence-corrected chi connectivity index (χ0v) is 16.1. The molecule has 0 bridgehead atoms. The van der Waals surface area contributed by atoms with E-state index in [9.17, 15) is 9.59 Å². The van der Waals surface area contributed by atoms with Crippen LogP contribution in [0.15, 0.2) is 42.5 Å². The Morgan fingerprint density at radius 3 is 2.38 bits per heavy atom. The molecule has 148 valence electrons. The maximum Gasteiger partial charge on any atom is 0.319 e. The van der Waals surface area contributed by atoms with Crippen LogP contribution in [0, 0.1) is 13.8 Å². The number of amides is 3. The molecule has 4 rings (SSSR count).